The molecule has 0 saturated heterocycles. The molecule has 3 aromatic heterocycles. The van der Waals surface area contributed by atoms with Crippen molar-refractivity contribution in [2.24, 2.45) is 0 Å². The zero-order valence-corrected chi connectivity index (χ0v) is 18.9. The van der Waals surface area contributed by atoms with Gasteiger partial charge < -0.3 is 20.1 Å². The number of halogens is 1. The lowest BCUT2D eigenvalue weighted by molar-refractivity contribution is 0.0583. The Labute approximate surface area is 190 Å². The number of nitrogens with one attached hydrogen (secondary N) is 3. The van der Waals surface area contributed by atoms with E-state index in [9.17, 15) is 9.18 Å². The fourth-order valence-corrected chi connectivity index (χ4v) is 4.23. The largest absolute Gasteiger partial charge is 0.443 e. The fourth-order valence-electron chi connectivity index (χ4n) is 4.23. The van der Waals surface area contributed by atoms with Crippen molar-refractivity contribution in [3.63, 3.8) is 0 Å². The zero-order chi connectivity index (χ0) is 23.2. The van der Waals surface area contributed by atoms with Crippen LogP contribution in [0.5, 0.6) is 0 Å². The molecule has 3 aromatic rings. The molecule has 0 radical (unpaired) electrons. The van der Waals surface area contributed by atoms with E-state index in [-0.39, 0.29) is 17.9 Å². The molecular weight excluding hydrogens is 429 g/mol. The molecule has 0 aliphatic heterocycles. The Bertz CT molecular complexity index is 1170. The second-order valence-electron chi connectivity index (χ2n) is 9.27. The quantitative estimate of drug-likeness (QED) is 0.497. The van der Waals surface area contributed by atoms with Gasteiger partial charge in [0.05, 0.1) is 12.3 Å². The number of anilines is 2. The van der Waals surface area contributed by atoms with Gasteiger partial charge in [-0.2, -0.15) is 5.10 Å². The summed E-state index contributed by atoms with van der Waals surface area (Å²) in [6, 6.07) is 1.84. The number of fused-ring (bicyclic) bond motifs is 1. The van der Waals surface area contributed by atoms with Crippen LogP contribution in [0.3, 0.4) is 0 Å². The number of carbonyl (C=O) groups excluding carboxylic acids is 1. The van der Waals surface area contributed by atoms with Gasteiger partial charge in [-0.3, -0.25) is 9.50 Å². The molecule has 0 bridgehead atoms. The van der Waals surface area contributed by atoms with Crippen molar-refractivity contribution >= 4 is 23.5 Å². The number of rotatable bonds is 7. The molecular formula is C22H28FN7O3. The summed E-state index contributed by atoms with van der Waals surface area (Å²) < 4.78 is 27.0. The summed E-state index contributed by atoms with van der Waals surface area (Å²) >= 11 is 0. The molecule has 5 rings (SSSR count). The van der Waals surface area contributed by atoms with Crippen molar-refractivity contribution < 1.29 is 18.7 Å². The summed E-state index contributed by atoms with van der Waals surface area (Å²) in [6.07, 6.45) is 3.62. The van der Waals surface area contributed by atoms with Gasteiger partial charge in [0.2, 0.25) is 5.95 Å². The van der Waals surface area contributed by atoms with Crippen LogP contribution in [0, 0.1) is 6.92 Å². The average Bonchev–Trinajstić information content (AvgIpc) is 3.15. The van der Waals surface area contributed by atoms with Gasteiger partial charge >= 0.3 is 6.09 Å². The lowest BCUT2D eigenvalue weighted by atomic mass is 10.0. The summed E-state index contributed by atoms with van der Waals surface area (Å²) in [6.45, 7) is 4.30. The number of hydrogen-bond donors (Lipinski definition) is 3. The number of aromatic amines is 1. The summed E-state index contributed by atoms with van der Waals surface area (Å²) in [5.74, 6) is 0.999. The van der Waals surface area contributed by atoms with Crippen LogP contribution in [0.15, 0.2) is 18.5 Å². The lowest BCUT2D eigenvalue weighted by Gasteiger charge is -2.17. The molecule has 3 N–H and O–H groups in total. The van der Waals surface area contributed by atoms with Crippen LogP contribution in [-0.4, -0.2) is 55.6 Å². The molecule has 11 heteroatoms. The van der Waals surface area contributed by atoms with Gasteiger partial charge in [-0.1, -0.05) is 0 Å². The summed E-state index contributed by atoms with van der Waals surface area (Å²) in [5.41, 5.74) is 3.11. The summed E-state index contributed by atoms with van der Waals surface area (Å²) in [4.78, 5) is 21.1. The van der Waals surface area contributed by atoms with Gasteiger partial charge in [-0.15, -0.1) is 0 Å². The van der Waals surface area contributed by atoms with Crippen LogP contribution in [-0.2, 0) is 16.1 Å². The lowest BCUT2D eigenvalue weighted by Crippen LogP contribution is -2.38. The molecule has 33 heavy (non-hydrogen) atoms. The minimum absolute atomic E-state index is 0.120. The maximum atomic E-state index is 14.6. The molecule has 3 heterocycles. The molecule has 10 nitrogen and oxygen atoms in total. The molecule has 1 amide bonds. The van der Waals surface area contributed by atoms with Gasteiger partial charge in [0.15, 0.2) is 5.82 Å². The van der Waals surface area contributed by atoms with E-state index in [2.05, 4.69) is 30.8 Å². The van der Waals surface area contributed by atoms with Crippen molar-refractivity contribution in [1.82, 2.24) is 29.9 Å². The van der Waals surface area contributed by atoms with E-state index >= 15 is 0 Å². The average molecular weight is 458 g/mol. The van der Waals surface area contributed by atoms with Crippen LogP contribution in [0.25, 0.3) is 5.65 Å². The highest BCUT2D eigenvalue weighted by molar-refractivity contribution is 5.69. The van der Waals surface area contributed by atoms with E-state index in [4.69, 9.17) is 9.47 Å². The summed E-state index contributed by atoms with van der Waals surface area (Å²) in [7, 11) is 1.62. The van der Waals surface area contributed by atoms with Gasteiger partial charge in [0.25, 0.3) is 0 Å². The zero-order valence-electron chi connectivity index (χ0n) is 18.9. The van der Waals surface area contributed by atoms with E-state index in [1.54, 1.807) is 13.3 Å². The van der Waals surface area contributed by atoms with Crippen molar-refractivity contribution in [2.75, 3.05) is 12.4 Å². The van der Waals surface area contributed by atoms with Crippen LogP contribution >= 0.6 is 0 Å². The first-order valence-electron chi connectivity index (χ1n) is 11.1. The van der Waals surface area contributed by atoms with E-state index < -0.39 is 18.4 Å². The minimum Gasteiger partial charge on any atom is -0.443 e. The number of H-pyrrole nitrogens is 1. The number of aromatic nitrogens is 5. The number of imidazole rings is 1. The van der Waals surface area contributed by atoms with Crippen molar-refractivity contribution in [2.45, 2.75) is 69.9 Å². The number of amides is 1. The normalized spacial score (nSPS) is 23.6. The maximum absolute atomic E-state index is 14.6. The Hall–Kier alpha value is -3.21. The Balaban J connectivity index is 1.26. The molecule has 2 fully saturated rings. The monoisotopic (exact) mass is 457 g/mol. The predicted octanol–water partition coefficient (Wildman–Crippen LogP) is 3.51. The van der Waals surface area contributed by atoms with Crippen molar-refractivity contribution in [3.8, 4) is 0 Å². The smallest absolute Gasteiger partial charge is 0.407 e. The minimum atomic E-state index is -1.21. The third kappa shape index (κ3) is 4.50. The Morgan fingerprint density at radius 3 is 2.97 bits per heavy atom. The Morgan fingerprint density at radius 2 is 2.21 bits per heavy atom. The molecule has 0 aromatic carbocycles. The van der Waals surface area contributed by atoms with Crippen molar-refractivity contribution in [3.05, 3.63) is 35.4 Å². The van der Waals surface area contributed by atoms with Gasteiger partial charge in [-0.05, 0) is 39.5 Å². The number of aryl methyl sites for hydroxylation is 1. The highest BCUT2D eigenvalue weighted by Gasteiger charge is 2.42. The first-order chi connectivity index (χ1) is 15.8. The van der Waals surface area contributed by atoms with Crippen LogP contribution < -0.4 is 10.6 Å². The number of methoxy groups -OCH3 is 1. The molecule has 0 spiro atoms. The van der Waals surface area contributed by atoms with E-state index in [0.29, 0.717) is 24.8 Å². The third-order valence-corrected chi connectivity index (χ3v) is 6.38. The first-order valence-corrected chi connectivity index (χ1v) is 11.1. The van der Waals surface area contributed by atoms with E-state index in [1.165, 1.54) is 0 Å². The van der Waals surface area contributed by atoms with Crippen LogP contribution in [0.1, 0.15) is 55.5 Å². The standard InChI is InChI=1S/C22H28FN7O3/c1-12-9-24-20(30-10-14(11-32-3)25-19(12)30)26-18-8-16(28-29-18)13-6-15(23)17(7-13)33-21(31)27-22(2)4-5-22/h8-10,13,15,17H,4-7,11H2,1-3H3,(H,27,31)(H2,24,26,28,29)/t13-,15+,17-/m0/s1. The van der Waals surface area contributed by atoms with Crippen LogP contribution in [0.4, 0.5) is 21.0 Å². The Kier molecular flexibility index (Phi) is 5.43. The highest BCUT2D eigenvalue weighted by atomic mass is 19.1. The molecule has 3 atom stereocenters. The number of alkyl carbamates (subject to hydrolysis) is 1. The van der Waals surface area contributed by atoms with Gasteiger partial charge in [0.1, 0.15) is 17.9 Å². The van der Waals surface area contributed by atoms with Gasteiger partial charge in [-0.25, -0.2) is 19.2 Å². The number of alkyl halides is 1. The first kappa shape index (κ1) is 21.6. The van der Waals surface area contributed by atoms with E-state index in [1.807, 2.05) is 30.5 Å². The number of hydrogen-bond acceptors (Lipinski definition) is 7. The maximum Gasteiger partial charge on any atom is 0.407 e. The predicted molar refractivity (Wildman–Crippen MR) is 118 cm³/mol. The molecule has 176 valence electrons. The van der Waals surface area contributed by atoms with Crippen molar-refractivity contribution in [1.29, 1.82) is 0 Å². The number of ether oxygens (including phenoxy) is 2. The molecule has 0 unspecified atom stereocenters. The molecule has 2 saturated carbocycles. The molecule has 2 aliphatic carbocycles. The Morgan fingerprint density at radius 1 is 1.39 bits per heavy atom. The van der Waals surface area contributed by atoms with E-state index in [0.717, 1.165) is 35.4 Å². The highest BCUT2D eigenvalue weighted by Crippen LogP contribution is 2.39. The summed E-state index contributed by atoms with van der Waals surface area (Å²) in [5, 5.41) is 13.3. The fraction of sp³-hybridized carbons (Fsp3) is 0.545. The van der Waals surface area contributed by atoms with Gasteiger partial charge in [0, 0.05) is 48.3 Å². The topological polar surface area (TPSA) is 118 Å². The SMILES string of the molecule is COCc1cn2c(Nc3cc([C@H]4C[C@@H](F)[C@@H](OC(=O)NC5(C)CC5)C4)[nH]n3)ncc(C)c2n1. The molecule has 2 aliphatic rings. The number of carbonyl (C=O) groups is 1. The van der Waals surface area contributed by atoms with Crippen LogP contribution in [0.2, 0.25) is 0 Å². The number of nitrogens with zero attached hydrogens (tertiary/aromatic N) is 4. The second kappa shape index (κ2) is 8.29. The third-order valence-electron chi connectivity index (χ3n) is 6.38. The second-order valence-corrected chi connectivity index (χ2v) is 9.27.